The van der Waals surface area contributed by atoms with Crippen LogP contribution in [0, 0.1) is 13.8 Å². The number of carbonyl (C=O) groups is 1. The van der Waals surface area contributed by atoms with Crippen LogP contribution in [0.2, 0.25) is 0 Å². The van der Waals surface area contributed by atoms with Crippen molar-refractivity contribution in [3.05, 3.63) is 41.2 Å². The molecule has 1 aromatic heterocycles. The molecule has 0 fully saturated rings. The lowest BCUT2D eigenvalue weighted by molar-refractivity contribution is -0.137. The van der Waals surface area contributed by atoms with Gasteiger partial charge in [-0.15, -0.1) is 0 Å². The van der Waals surface area contributed by atoms with Crippen LogP contribution in [0.5, 0.6) is 0 Å². The molecule has 0 aliphatic heterocycles. The molecule has 0 bridgehead atoms. The number of hydrogen-bond acceptors (Lipinski definition) is 2. The Bertz CT molecular complexity index is 467. The largest absolute Gasteiger partial charge is 0.463 e. The van der Waals surface area contributed by atoms with E-state index in [0.29, 0.717) is 6.61 Å². The average molecular weight is 247 g/mol. The van der Waals surface area contributed by atoms with Crippen molar-refractivity contribution in [3.63, 3.8) is 0 Å². The second-order valence-electron chi connectivity index (χ2n) is 4.04. The van der Waals surface area contributed by atoms with Crippen molar-refractivity contribution in [3.8, 4) is 0 Å². The second-order valence-corrected chi connectivity index (χ2v) is 4.04. The molecule has 0 radical (unpaired) electrons. The highest BCUT2D eigenvalue weighted by molar-refractivity contribution is 5.82. The first kappa shape index (κ1) is 14.3. The van der Waals surface area contributed by atoms with Gasteiger partial charge in [-0.25, -0.2) is 4.79 Å². The minimum Gasteiger partial charge on any atom is -0.463 e. The number of ether oxygens (including phenoxy) is 1. The molecule has 0 atom stereocenters. The lowest BCUT2D eigenvalue weighted by atomic mass is 10.2. The molecule has 1 aromatic rings. The van der Waals surface area contributed by atoms with Crippen molar-refractivity contribution in [2.75, 3.05) is 6.61 Å². The summed E-state index contributed by atoms with van der Waals surface area (Å²) in [6, 6.07) is 2.15. The van der Waals surface area contributed by atoms with Crippen LogP contribution in [0.1, 0.15) is 30.8 Å². The number of aryl methyl sites for hydroxylation is 1. The molecule has 0 N–H and O–H groups in total. The van der Waals surface area contributed by atoms with Crippen molar-refractivity contribution in [1.82, 2.24) is 4.57 Å². The highest BCUT2D eigenvalue weighted by Gasteiger charge is 2.03. The van der Waals surface area contributed by atoms with Gasteiger partial charge >= 0.3 is 5.97 Å². The average Bonchev–Trinajstić information content (AvgIpc) is 2.60. The Morgan fingerprint density at radius 3 is 2.61 bits per heavy atom. The number of aromatic nitrogens is 1. The maximum Gasteiger partial charge on any atom is 0.330 e. The van der Waals surface area contributed by atoms with Gasteiger partial charge in [0.15, 0.2) is 0 Å². The van der Waals surface area contributed by atoms with Crippen LogP contribution in [0.4, 0.5) is 0 Å². The molecule has 3 heteroatoms. The number of rotatable bonds is 5. The molecule has 0 aliphatic carbocycles. The zero-order valence-electron chi connectivity index (χ0n) is 11.6. The van der Waals surface area contributed by atoms with E-state index in [1.165, 1.54) is 23.0 Å². The predicted molar refractivity (Wildman–Crippen MR) is 74.4 cm³/mol. The third-order valence-corrected chi connectivity index (χ3v) is 2.83. The normalized spacial score (nSPS) is 11.6. The summed E-state index contributed by atoms with van der Waals surface area (Å²) in [7, 11) is 0. The lowest BCUT2D eigenvalue weighted by Gasteiger charge is -2.04. The predicted octanol–water partition coefficient (Wildman–Crippen LogP) is 3.26. The van der Waals surface area contributed by atoms with Crippen LogP contribution in [-0.4, -0.2) is 17.1 Å². The van der Waals surface area contributed by atoms with Gasteiger partial charge in [0.25, 0.3) is 0 Å². The Morgan fingerprint density at radius 1 is 1.33 bits per heavy atom. The molecular formula is C15H21NO2. The summed E-state index contributed by atoms with van der Waals surface area (Å²) < 4.78 is 7.05. The molecule has 0 aliphatic rings. The topological polar surface area (TPSA) is 31.2 Å². The summed E-state index contributed by atoms with van der Waals surface area (Å²) in [4.78, 5) is 11.1. The Balaban J connectivity index is 2.71. The van der Waals surface area contributed by atoms with Crippen molar-refractivity contribution in [2.24, 2.45) is 0 Å². The number of hydrogen-bond donors (Lipinski definition) is 0. The summed E-state index contributed by atoms with van der Waals surface area (Å²) in [5.74, 6) is -0.304. The molecular weight excluding hydrogens is 226 g/mol. The molecule has 0 spiro atoms. The summed E-state index contributed by atoms with van der Waals surface area (Å²) in [6.45, 7) is 9.51. The Hall–Kier alpha value is -1.77. The molecule has 0 saturated carbocycles. The first-order valence-electron chi connectivity index (χ1n) is 6.28. The molecule has 1 heterocycles. The lowest BCUT2D eigenvalue weighted by Crippen LogP contribution is -1.98. The van der Waals surface area contributed by atoms with Gasteiger partial charge in [0.1, 0.15) is 0 Å². The summed E-state index contributed by atoms with van der Waals surface area (Å²) in [5, 5.41) is 0. The first-order valence-corrected chi connectivity index (χ1v) is 6.28. The van der Waals surface area contributed by atoms with Gasteiger partial charge < -0.3 is 9.30 Å². The van der Waals surface area contributed by atoms with Gasteiger partial charge in [-0.05, 0) is 39.3 Å². The number of carbonyl (C=O) groups excluding carboxylic acids is 1. The second kappa shape index (κ2) is 6.84. The van der Waals surface area contributed by atoms with Gasteiger partial charge in [-0.3, -0.25) is 0 Å². The van der Waals surface area contributed by atoms with Gasteiger partial charge in [-0.1, -0.05) is 18.2 Å². The highest BCUT2D eigenvalue weighted by atomic mass is 16.5. The fourth-order valence-electron chi connectivity index (χ4n) is 1.97. The Morgan fingerprint density at radius 2 is 2.06 bits per heavy atom. The fourth-order valence-corrected chi connectivity index (χ4v) is 1.97. The minimum atomic E-state index is -0.304. The molecule has 0 aromatic carbocycles. The van der Waals surface area contributed by atoms with Crippen molar-refractivity contribution >= 4 is 12.0 Å². The maximum atomic E-state index is 11.1. The van der Waals surface area contributed by atoms with Crippen LogP contribution in [-0.2, 0) is 16.1 Å². The van der Waals surface area contributed by atoms with Crippen LogP contribution < -0.4 is 0 Å². The summed E-state index contributed by atoms with van der Waals surface area (Å²) in [6.07, 6.45) is 7.00. The molecule has 0 saturated heterocycles. The van der Waals surface area contributed by atoms with Crippen LogP contribution in [0.3, 0.4) is 0 Å². The van der Waals surface area contributed by atoms with E-state index in [1.54, 1.807) is 13.0 Å². The van der Waals surface area contributed by atoms with E-state index in [2.05, 4.69) is 31.4 Å². The third-order valence-electron chi connectivity index (χ3n) is 2.83. The van der Waals surface area contributed by atoms with Crippen LogP contribution in [0.25, 0.3) is 6.08 Å². The van der Waals surface area contributed by atoms with Crippen molar-refractivity contribution in [1.29, 1.82) is 0 Å². The summed E-state index contributed by atoms with van der Waals surface area (Å²) >= 11 is 0. The van der Waals surface area contributed by atoms with E-state index in [-0.39, 0.29) is 5.97 Å². The van der Waals surface area contributed by atoms with Crippen LogP contribution >= 0.6 is 0 Å². The standard InChI is InChI=1S/C15H21NO2/c1-5-16-12(3)11-14(13(16)4)9-7-8-10-15(17)18-6-2/h7-11H,5-6H2,1-4H3. The number of esters is 1. The molecule has 0 unspecified atom stereocenters. The monoisotopic (exact) mass is 247 g/mol. The maximum absolute atomic E-state index is 11.1. The molecule has 98 valence electrons. The van der Waals surface area contributed by atoms with Gasteiger partial charge in [0, 0.05) is 24.0 Å². The van der Waals surface area contributed by atoms with Gasteiger partial charge in [0.2, 0.25) is 0 Å². The van der Waals surface area contributed by atoms with E-state index in [1.807, 2.05) is 12.2 Å². The van der Waals surface area contributed by atoms with E-state index in [0.717, 1.165) is 6.54 Å². The molecule has 3 nitrogen and oxygen atoms in total. The van der Waals surface area contributed by atoms with E-state index >= 15 is 0 Å². The summed E-state index contributed by atoms with van der Waals surface area (Å²) in [5.41, 5.74) is 3.68. The molecule has 0 amide bonds. The Kier molecular flexibility index (Phi) is 5.43. The SMILES string of the molecule is CCOC(=O)C=CC=Cc1cc(C)n(CC)c1C. The van der Waals surface area contributed by atoms with Gasteiger partial charge in [0.05, 0.1) is 6.61 Å². The molecule has 1 rings (SSSR count). The highest BCUT2D eigenvalue weighted by Crippen LogP contribution is 2.16. The third kappa shape index (κ3) is 3.62. The smallest absolute Gasteiger partial charge is 0.330 e. The zero-order chi connectivity index (χ0) is 13.5. The first-order chi connectivity index (χ1) is 8.60. The quantitative estimate of drug-likeness (QED) is 0.454. The van der Waals surface area contributed by atoms with E-state index < -0.39 is 0 Å². The minimum absolute atomic E-state index is 0.304. The number of nitrogens with zero attached hydrogens (tertiary/aromatic N) is 1. The fraction of sp³-hybridized carbons (Fsp3) is 0.400. The Labute approximate surface area is 109 Å². The van der Waals surface area contributed by atoms with Crippen molar-refractivity contribution in [2.45, 2.75) is 34.2 Å². The van der Waals surface area contributed by atoms with Crippen molar-refractivity contribution < 1.29 is 9.53 Å². The number of allylic oxidation sites excluding steroid dienone is 2. The van der Waals surface area contributed by atoms with E-state index in [9.17, 15) is 4.79 Å². The zero-order valence-corrected chi connectivity index (χ0v) is 11.6. The van der Waals surface area contributed by atoms with Crippen LogP contribution in [0.15, 0.2) is 24.3 Å². The molecule has 18 heavy (non-hydrogen) atoms. The van der Waals surface area contributed by atoms with E-state index in [4.69, 9.17) is 4.74 Å². The van der Waals surface area contributed by atoms with Gasteiger partial charge in [-0.2, -0.15) is 0 Å².